The summed E-state index contributed by atoms with van der Waals surface area (Å²) >= 11 is 0. The molecule has 0 saturated carbocycles. The van der Waals surface area contributed by atoms with Gasteiger partial charge in [-0.2, -0.15) is 5.10 Å². The van der Waals surface area contributed by atoms with Crippen molar-refractivity contribution in [2.24, 2.45) is 5.73 Å². The van der Waals surface area contributed by atoms with E-state index in [0.29, 0.717) is 18.7 Å². The monoisotopic (exact) mass is 329 g/mol. The first-order chi connectivity index (χ1) is 11.8. The minimum absolute atomic E-state index is 0.0938. The summed E-state index contributed by atoms with van der Waals surface area (Å²) in [5.74, 6) is -0.0938. The Kier molecular flexibility index (Phi) is 5.58. The van der Waals surface area contributed by atoms with E-state index < -0.39 is 0 Å². The Balaban J connectivity index is 1.64. The van der Waals surface area contributed by atoms with Crippen molar-refractivity contribution in [1.82, 2.24) is 20.0 Å². The molecule has 0 aliphatic carbocycles. The first-order valence-electron chi connectivity index (χ1n) is 8.19. The third-order valence-corrected chi connectivity index (χ3v) is 4.08. The van der Waals surface area contributed by atoms with Crippen molar-refractivity contribution in [2.75, 3.05) is 39.4 Å². The molecule has 1 aliphatic rings. The van der Waals surface area contributed by atoms with Crippen LogP contribution in [0.3, 0.4) is 0 Å². The molecule has 0 unspecified atom stereocenters. The lowest BCUT2D eigenvalue weighted by Crippen LogP contribution is -2.41. The Labute approximate surface area is 141 Å². The molecule has 3 N–H and O–H groups in total. The standard InChI is InChI=1S/C17H23N5O2/c18-11-14-12-20-22(13-14)16-4-2-1-3-15(16)17(23)19-5-6-21-7-9-24-10-8-21/h1-4,12-13H,5-11,18H2,(H,19,23). The van der Waals surface area contributed by atoms with E-state index >= 15 is 0 Å². The maximum Gasteiger partial charge on any atom is 0.253 e. The summed E-state index contributed by atoms with van der Waals surface area (Å²) in [6.07, 6.45) is 3.56. The van der Waals surface area contributed by atoms with Gasteiger partial charge in [0.1, 0.15) is 0 Å². The molecule has 1 aromatic heterocycles. The smallest absolute Gasteiger partial charge is 0.253 e. The van der Waals surface area contributed by atoms with Gasteiger partial charge in [0.15, 0.2) is 0 Å². The Bertz CT molecular complexity index is 679. The quantitative estimate of drug-likeness (QED) is 0.801. The molecule has 2 heterocycles. The van der Waals surface area contributed by atoms with E-state index in [2.05, 4.69) is 15.3 Å². The SMILES string of the molecule is NCc1cnn(-c2ccccc2C(=O)NCCN2CCOCC2)c1. The molecule has 2 aromatic rings. The first kappa shape index (κ1) is 16.6. The van der Waals surface area contributed by atoms with Crippen molar-refractivity contribution in [2.45, 2.75) is 6.54 Å². The number of para-hydroxylation sites is 1. The van der Waals surface area contributed by atoms with Crippen molar-refractivity contribution < 1.29 is 9.53 Å². The summed E-state index contributed by atoms with van der Waals surface area (Å²) < 4.78 is 7.02. The Morgan fingerprint density at radius 1 is 1.29 bits per heavy atom. The maximum absolute atomic E-state index is 12.5. The van der Waals surface area contributed by atoms with Gasteiger partial charge in [0.05, 0.1) is 30.7 Å². The number of ether oxygens (including phenoxy) is 1. The number of rotatable bonds is 6. The Morgan fingerprint density at radius 2 is 2.08 bits per heavy atom. The average Bonchev–Trinajstić information content (AvgIpc) is 3.11. The van der Waals surface area contributed by atoms with Crippen LogP contribution in [-0.4, -0.2) is 60.0 Å². The van der Waals surface area contributed by atoms with Gasteiger partial charge in [-0.05, 0) is 12.1 Å². The van der Waals surface area contributed by atoms with Gasteiger partial charge >= 0.3 is 0 Å². The summed E-state index contributed by atoms with van der Waals surface area (Å²) in [4.78, 5) is 14.8. The number of hydrogen-bond donors (Lipinski definition) is 2. The number of nitrogens with one attached hydrogen (secondary N) is 1. The molecule has 128 valence electrons. The van der Waals surface area contributed by atoms with Gasteiger partial charge in [-0.3, -0.25) is 9.69 Å². The summed E-state index contributed by atoms with van der Waals surface area (Å²) in [7, 11) is 0. The second-order valence-electron chi connectivity index (χ2n) is 5.72. The van der Waals surface area contributed by atoms with Gasteiger partial charge in [0.25, 0.3) is 5.91 Å². The van der Waals surface area contributed by atoms with Crippen LogP contribution in [0.2, 0.25) is 0 Å². The minimum atomic E-state index is -0.0938. The zero-order valence-electron chi connectivity index (χ0n) is 13.6. The number of carbonyl (C=O) groups excluding carboxylic acids is 1. The van der Waals surface area contributed by atoms with E-state index in [0.717, 1.165) is 44.1 Å². The normalized spacial score (nSPS) is 15.4. The Morgan fingerprint density at radius 3 is 2.83 bits per heavy atom. The van der Waals surface area contributed by atoms with E-state index in [-0.39, 0.29) is 5.91 Å². The molecule has 3 rings (SSSR count). The van der Waals surface area contributed by atoms with Crippen molar-refractivity contribution in [3.8, 4) is 5.69 Å². The second kappa shape index (κ2) is 8.05. The highest BCUT2D eigenvalue weighted by atomic mass is 16.5. The molecule has 7 nitrogen and oxygen atoms in total. The molecule has 0 bridgehead atoms. The fraction of sp³-hybridized carbons (Fsp3) is 0.412. The van der Waals surface area contributed by atoms with Gasteiger partial charge in [0, 0.05) is 44.5 Å². The van der Waals surface area contributed by atoms with Gasteiger partial charge in [0.2, 0.25) is 0 Å². The topological polar surface area (TPSA) is 85.4 Å². The van der Waals surface area contributed by atoms with E-state index in [1.54, 1.807) is 10.9 Å². The largest absolute Gasteiger partial charge is 0.379 e. The van der Waals surface area contributed by atoms with E-state index in [1.165, 1.54) is 0 Å². The van der Waals surface area contributed by atoms with Crippen LogP contribution in [0.4, 0.5) is 0 Å². The molecular formula is C17H23N5O2. The summed E-state index contributed by atoms with van der Waals surface area (Å²) in [6.45, 7) is 5.23. The number of amides is 1. The number of hydrogen-bond acceptors (Lipinski definition) is 5. The summed E-state index contributed by atoms with van der Waals surface area (Å²) in [6, 6.07) is 7.44. The van der Waals surface area contributed by atoms with Crippen LogP contribution in [0.1, 0.15) is 15.9 Å². The van der Waals surface area contributed by atoms with Gasteiger partial charge in [-0.25, -0.2) is 4.68 Å². The molecule has 24 heavy (non-hydrogen) atoms. The highest BCUT2D eigenvalue weighted by Crippen LogP contribution is 2.14. The number of morpholine rings is 1. The van der Waals surface area contributed by atoms with Crippen molar-refractivity contribution in [3.05, 3.63) is 47.8 Å². The zero-order valence-corrected chi connectivity index (χ0v) is 13.6. The van der Waals surface area contributed by atoms with Crippen molar-refractivity contribution >= 4 is 5.91 Å². The third kappa shape index (κ3) is 4.00. The third-order valence-electron chi connectivity index (χ3n) is 4.08. The van der Waals surface area contributed by atoms with Crippen LogP contribution in [-0.2, 0) is 11.3 Å². The molecule has 7 heteroatoms. The molecule has 1 aromatic carbocycles. The summed E-state index contributed by atoms with van der Waals surface area (Å²) in [5.41, 5.74) is 7.91. The van der Waals surface area contributed by atoms with Crippen molar-refractivity contribution in [3.63, 3.8) is 0 Å². The number of nitrogens with zero attached hydrogens (tertiary/aromatic N) is 3. The van der Waals surface area contributed by atoms with Crippen LogP contribution >= 0.6 is 0 Å². The lowest BCUT2D eigenvalue weighted by molar-refractivity contribution is 0.0383. The van der Waals surface area contributed by atoms with Crippen molar-refractivity contribution in [1.29, 1.82) is 0 Å². The maximum atomic E-state index is 12.5. The van der Waals surface area contributed by atoms with Crippen LogP contribution < -0.4 is 11.1 Å². The van der Waals surface area contributed by atoms with Gasteiger partial charge in [-0.1, -0.05) is 12.1 Å². The van der Waals surface area contributed by atoms with E-state index in [9.17, 15) is 4.79 Å². The molecule has 1 fully saturated rings. The highest BCUT2D eigenvalue weighted by molar-refractivity contribution is 5.97. The fourth-order valence-corrected chi connectivity index (χ4v) is 2.71. The molecule has 0 spiro atoms. The van der Waals surface area contributed by atoms with E-state index in [1.807, 2.05) is 30.5 Å². The number of nitrogens with two attached hydrogens (primary N) is 1. The lowest BCUT2D eigenvalue weighted by atomic mass is 10.1. The predicted molar refractivity (Wildman–Crippen MR) is 91.0 cm³/mol. The highest BCUT2D eigenvalue weighted by Gasteiger charge is 2.14. The van der Waals surface area contributed by atoms with Gasteiger partial charge < -0.3 is 15.8 Å². The molecule has 1 saturated heterocycles. The first-order valence-corrected chi connectivity index (χ1v) is 8.19. The molecule has 1 aliphatic heterocycles. The Hall–Kier alpha value is -2.22. The lowest BCUT2D eigenvalue weighted by Gasteiger charge is -2.26. The number of carbonyl (C=O) groups is 1. The fourth-order valence-electron chi connectivity index (χ4n) is 2.71. The summed E-state index contributed by atoms with van der Waals surface area (Å²) in [5, 5.41) is 7.28. The predicted octanol–water partition coefficient (Wildman–Crippen LogP) is 0.393. The van der Waals surface area contributed by atoms with Crippen LogP contribution in [0.25, 0.3) is 5.69 Å². The second-order valence-corrected chi connectivity index (χ2v) is 5.72. The molecular weight excluding hydrogens is 306 g/mol. The van der Waals surface area contributed by atoms with Crippen LogP contribution in [0.15, 0.2) is 36.7 Å². The number of aromatic nitrogens is 2. The zero-order chi connectivity index (χ0) is 16.8. The molecule has 0 atom stereocenters. The van der Waals surface area contributed by atoms with Crippen LogP contribution in [0.5, 0.6) is 0 Å². The minimum Gasteiger partial charge on any atom is -0.379 e. The van der Waals surface area contributed by atoms with E-state index in [4.69, 9.17) is 10.5 Å². The molecule has 1 amide bonds. The average molecular weight is 329 g/mol. The number of benzene rings is 1. The van der Waals surface area contributed by atoms with Crippen LogP contribution in [0, 0.1) is 0 Å². The molecule has 0 radical (unpaired) electrons. The van der Waals surface area contributed by atoms with Gasteiger partial charge in [-0.15, -0.1) is 0 Å².